The van der Waals surface area contributed by atoms with E-state index in [1.807, 2.05) is 0 Å². The zero-order valence-corrected chi connectivity index (χ0v) is 12.8. The van der Waals surface area contributed by atoms with Crippen molar-refractivity contribution in [1.82, 2.24) is 0 Å². The smallest absolute Gasteiger partial charge is 0.0157 e. The summed E-state index contributed by atoms with van der Waals surface area (Å²) in [5.41, 5.74) is 8.11. The standard InChI is InChI=1S/C19H22/c1-13-9-7-10-14(2)17(13)19(5,6)18-15(3)11-8-12-16(18)4/h9-12H,1-6H3. The second-order valence-corrected chi connectivity index (χ2v) is 6.02. The highest BCUT2D eigenvalue weighted by Gasteiger charge is 2.29. The minimum Gasteiger partial charge on any atom is -0.0516 e. The Hall–Kier alpha value is -1.56. The second-order valence-electron chi connectivity index (χ2n) is 6.02. The van der Waals surface area contributed by atoms with E-state index in [2.05, 4.69) is 77.9 Å². The maximum absolute atomic E-state index is 3.22. The highest BCUT2D eigenvalue weighted by molar-refractivity contribution is 5.50. The van der Waals surface area contributed by atoms with Gasteiger partial charge in [-0.3, -0.25) is 0 Å². The van der Waals surface area contributed by atoms with Gasteiger partial charge in [-0.2, -0.15) is 0 Å². The Kier molecular flexibility index (Phi) is 3.54. The molecule has 0 nitrogen and oxygen atoms in total. The summed E-state index contributed by atoms with van der Waals surface area (Å²) < 4.78 is 0. The van der Waals surface area contributed by atoms with Crippen molar-refractivity contribution in [2.24, 2.45) is 0 Å². The van der Waals surface area contributed by atoms with Crippen LogP contribution in [0.5, 0.6) is 0 Å². The fourth-order valence-corrected chi connectivity index (χ4v) is 3.59. The van der Waals surface area contributed by atoms with E-state index in [1.165, 1.54) is 33.4 Å². The molecule has 2 rings (SSSR count). The van der Waals surface area contributed by atoms with E-state index < -0.39 is 0 Å². The minimum atomic E-state index is 0.00648. The number of hydrogen-bond acceptors (Lipinski definition) is 0. The molecule has 0 amide bonds. The Morgan fingerprint density at radius 1 is 0.632 bits per heavy atom. The van der Waals surface area contributed by atoms with Crippen LogP contribution in [-0.2, 0) is 5.41 Å². The fraction of sp³-hybridized carbons (Fsp3) is 0.368. The summed E-state index contributed by atoms with van der Waals surface area (Å²) in [7, 11) is 0. The summed E-state index contributed by atoms with van der Waals surface area (Å²) in [6.45, 7) is 13.4. The van der Waals surface area contributed by atoms with Crippen LogP contribution in [0.25, 0.3) is 0 Å². The molecule has 0 aliphatic heterocycles. The largest absolute Gasteiger partial charge is 0.0516 e. The van der Waals surface area contributed by atoms with Crippen molar-refractivity contribution in [2.75, 3.05) is 0 Å². The van der Waals surface area contributed by atoms with Crippen molar-refractivity contribution in [3.8, 4) is 0 Å². The van der Waals surface area contributed by atoms with Gasteiger partial charge in [-0.1, -0.05) is 38.1 Å². The molecule has 0 aromatic heterocycles. The van der Waals surface area contributed by atoms with Crippen molar-refractivity contribution >= 4 is 0 Å². The van der Waals surface area contributed by atoms with Crippen LogP contribution in [0.4, 0.5) is 0 Å². The summed E-state index contributed by atoms with van der Waals surface area (Å²) >= 11 is 0. The van der Waals surface area contributed by atoms with Gasteiger partial charge in [0.1, 0.15) is 0 Å². The van der Waals surface area contributed by atoms with Gasteiger partial charge in [-0.15, -0.1) is 0 Å². The van der Waals surface area contributed by atoms with Gasteiger partial charge in [-0.25, -0.2) is 0 Å². The topological polar surface area (TPSA) is 0 Å². The molecule has 0 fully saturated rings. The summed E-state index contributed by atoms with van der Waals surface area (Å²) in [6, 6.07) is 14.8. The number of rotatable bonds is 2. The Morgan fingerprint density at radius 3 is 1.16 bits per heavy atom. The molecular formula is C19H22. The lowest BCUT2D eigenvalue weighted by atomic mass is 9.71. The lowest BCUT2D eigenvalue weighted by molar-refractivity contribution is 0.622. The molecule has 0 heterocycles. The van der Waals surface area contributed by atoms with Crippen LogP contribution in [0.3, 0.4) is 0 Å². The molecule has 19 heavy (non-hydrogen) atoms. The van der Waals surface area contributed by atoms with Crippen LogP contribution in [0.1, 0.15) is 47.2 Å². The fourth-order valence-electron chi connectivity index (χ4n) is 3.59. The third kappa shape index (κ3) is 2.32. The summed E-state index contributed by atoms with van der Waals surface area (Å²) in [6.07, 6.45) is 0. The molecular weight excluding hydrogens is 228 g/mol. The van der Waals surface area contributed by atoms with Crippen LogP contribution < -0.4 is 0 Å². The lowest BCUT2D eigenvalue weighted by Crippen LogP contribution is -2.24. The van der Waals surface area contributed by atoms with E-state index in [4.69, 9.17) is 0 Å². The molecule has 0 saturated carbocycles. The van der Waals surface area contributed by atoms with Gasteiger partial charge in [0.25, 0.3) is 0 Å². The summed E-state index contributed by atoms with van der Waals surface area (Å²) in [4.78, 5) is 0. The normalized spacial score (nSPS) is 11.7. The van der Waals surface area contributed by atoms with E-state index in [1.54, 1.807) is 0 Å². The maximum Gasteiger partial charge on any atom is 0.0157 e. The van der Waals surface area contributed by atoms with Crippen LogP contribution in [0, 0.1) is 39.8 Å². The van der Waals surface area contributed by atoms with Gasteiger partial charge in [0.2, 0.25) is 0 Å². The molecule has 0 unspecified atom stereocenters. The predicted octanol–water partition coefficient (Wildman–Crippen LogP) is 4.85. The molecule has 2 radical (unpaired) electrons. The zero-order chi connectivity index (χ0) is 14.2. The Morgan fingerprint density at radius 2 is 0.895 bits per heavy atom. The van der Waals surface area contributed by atoms with E-state index in [0.29, 0.717) is 0 Å². The molecule has 0 spiro atoms. The van der Waals surface area contributed by atoms with Crippen LogP contribution in [0.2, 0.25) is 0 Å². The first-order valence-corrected chi connectivity index (χ1v) is 6.81. The lowest BCUT2D eigenvalue weighted by Gasteiger charge is -2.32. The highest BCUT2D eigenvalue weighted by Crippen LogP contribution is 2.38. The van der Waals surface area contributed by atoms with E-state index in [-0.39, 0.29) is 5.41 Å². The molecule has 98 valence electrons. The minimum absolute atomic E-state index is 0.00648. The number of hydrogen-bond donors (Lipinski definition) is 0. The Labute approximate surface area is 117 Å². The molecule has 0 N–H and O–H groups in total. The molecule has 0 saturated heterocycles. The second kappa shape index (κ2) is 4.85. The Bertz CT molecular complexity index is 509. The monoisotopic (exact) mass is 250 g/mol. The molecule has 0 heteroatoms. The molecule has 2 aromatic rings. The van der Waals surface area contributed by atoms with E-state index >= 15 is 0 Å². The Balaban J connectivity index is 2.73. The van der Waals surface area contributed by atoms with Gasteiger partial charge in [0, 0.05) is 5.41 Å². The zero-order valence-electron chi connectivity index (χ0n) is 12.8. The van der Waals surface area contributed by atoms with Crippen molar-refractivity contribution in [1.29, 1.82) is 0 Å². The van der Waals surface area contributed by atoms with Gasteiger partial charge in [-0.05, 0) is 73.2 Å². The SMILES string of the molecule is Cc1c[c]cc(C)c1C(C)(C)c1c(C)c[c]cc1C. The average molecular weight is 250 g/mol. The quantitative estimate of drug-likeness (QED) is 0.715. The van der Waals surface area contributed by atoms with Crippen molar-refractivity contribution in [3.63, 3.8) is 0 Å². The number of benzene rings is 2. The van der Waals surface area contributed by atoms with Crippen molar-refractivity contribution < 1.29 is 0 Å². The average Bonchev–Trinajstić information content (AvgIpc) is 2.27. The first-order valence-electron chi connectivity index (χ1n) is 6.81. The van der Waals surface area contributed by atoms with Crippen molar-refractivity contribution in [2.45, 2.75) is 47.0 Å². The molecule has 2 aromatic carbocycles. The third-order valence-electron chi connectivity index (χ3n) is 4.03. The van der Waals surface area contributed by atoms with Crippen molar-refractivity contribution in [3.05, 3.63) is 69.8 Å². The molecule has 0 aliphatic carbocycles. The number of aryl methyl sites for hydroxylation is 4. The summed E-state index contributed by atoms with van der Waals surface area (Å²) in [5.74, 6) is 0. The van der Waals surface area contributed by atoms with E-state index in [0.717, 1.165) is 0 Å². The first-order chi connectivity index (χ1) is 8.85. The van der Waals surface area contributed by atoms with Crippen LogP contribution in [0.15, 0.2) is 24.3 Å². The molecule has 0 bridgehead atoms. The van der Waals surface area contributed by atoms with Gasteiger partial charge in [0.15, 0.2) is 0 Å². The highest BCUT2D eigenvalue weighted by atomic mass is 14.3. The molecule has 0 atom stereocenters. The molecule has 0 aliphatic rings. The van der Waals surface area contributed by atoms with Gasteiger partial charge >= 0.3 is 0 Å². The predicted molar refractivity (Wildman–Crippen MR) is 81.6 cm³/mol. The van der Waals surface area contributed by atoms with Gasteiger partial charge < -0.3 is 0 Å². The summed E-state index contributed by atoms with van der Waals surface area (Å²) in [5, 5.41) is 0. The third-order valence-corrected chi connectivity index (χ3v) is 4.03. The maximum atomic E-state index is 3.22. The first kappa shape index (κ1) is 13.9. The van der Waals surface area contributed by atoms with Crippen LogP contribution >= 0.6 is 0 Å². The van der Waals surface area contributed by atoms with Crippen LogP contribution in [-0.4, -0.2) is 0 Å². The van der Waals surface area contributed by atoms with E-state index in [9.17, 15) is 0 Å². The van der Waals surface area contributed by atoms with Gasteiger partial charge in [0.05, 0.1) is 0 Å².